The van der Waals surface area contributed by atoms with Gasteiger partial charge in [0.05, 0.1) is 0 Å². The highest BCUT2D eigenvalue weighted by molar-refractivity contribution is 5.81. The van der Waals surface area contributed by atoms with Crippen LogP contribution in [0.1, 0.15) is 63.9 Å². The van der Waals surface area contributed by atoms with E-state index in [1.54, 1.807) is 7.11 Å². The molecule has 34 heavy (non-hydrogen) atoms. The number of anilines is 2. The van der Waals surface area contributed by atoms with Crippen LogP contribution in [-0.2, 0) is 9.53 Å². The van der Waals surface area contributed by atoms with E-state index in [1.807, 2.05) is 6.92 Å². The number of hydrogen-bond acceptors (Lipinski definition) is 4. The summed E-state index contributed by atoms with van der Waals surface area (Å²) in [7, 11) is 5.82. The fraction of sp³-hybridized carbons (Fsp3) is 0.500. The average Bonchev–Trinajstić information content (AvgIpc) is 2.93. The van der Waals surface area contributed by atoms with Gasteiger partial charge >= 0.3 is 0 Å². The third kappa shape index (κ3) is 8.64. The third-order valence-electron chi connectivity index (χ3n) is 6.38. The summed E-state index contributed by atoms with van der Waals surface area (Å²) in [6, 6.07) is 15.7. The third-order valence-corrected chi connectivity index (χ3v) is 6.38. The maximum atomic E-state index is 10.6. The number of hydrogen-bond donors (Lipinski definition) is 0. The van der Waals surface area contributed by atoms with E-state index >= 15 is 0 Å². The molecule has 3 rings (SSSR count). The van der Waals surface area contributed by atoms with Crippen LogP contribution in [0.3, 0.4) is 0 Å². The lowest BCUT2D eigenvalue weighted by Crippen LogP contribution is -2.26. The molecule has 0 atom stereocenters. The predicted molar refractivity (Wildman–Crippen MR) is 148 cm³/mol. The van der Waals surface area contributed by atoms with Crippen molar-refractivity contribution in [3.63, 3.8) is 0 Å². The van der Waals surface area contributed by atoms with Crippen molar-refractivity contribution in [2.24, 2.45) is 0 Å². The number of carbonyl (C=O) groups excluding carboxylic acids is 1. The molecule has 0 aliphatic carbocycles. The number of carbonyl (C=O) groups is 1. The molecule has 0 radical (unpaired) electrons. The molecule has 2 aromatic carbocycles. The molecule has 0 saturated heterocycles. The fourth-order valence-electron chi connectivity index (χ4n) is 4.24. The molecule has 0 spiro atoms. The Balaban J connectivity index is 0.000000945. The molecule has 1 aliphatic rings. The second kappa shape index (κ2) is 15.3. The van der Waals surface area contributed by atoms with E-state index in [1.165, 1.54) is 52.9 Å². The summed E-state index contributed by atoms with van der Waals surface area (Å²) in [5.74, 6) is 0. The van der Waals surface area contributed by atoms with Crippen molar-refractivity contribution in [1.29, 1.82) is 0 Å². The van der Waals surface area contributed by atoms with Gasteiger partial charge in [0.1, 0.15) is 6.29 Å². The van der Waals surface area contributed by atoms with Gasteiger partial charge in [0.25, 0.3) is 0 Å². The van der Waals surface area contributed by atoms with E-state index in [0.717, 1.165) is 51.7 Å². The van der Waals surface area contributed by atoms with Gasteiger partial charge in [0.15, 0.2) is 0 Å². The zero-order valence-electron chi connectivity index (χ0n) is 21.8. The minimum Gasteiger partial charge on any atom is -0.385 e. The number of fused-ring (bicyclic) bond motifs is 1. The molecule has 2 aromatic rings. The van der Waals surface area contributed by atoms with Crippen LogP contribution in [0, 0.1) is 0 Å². The average molecular weight is 465 g/mol. The molecular weight excluding hydrogens is 420 g/mol. The second-order valence-corrected chi connectivity index (χ2v) is 9.17. The van der Waals surface area contributed by atoms with Crippen molar-refractivity contribution in [1.82, 2.24) is 0 Å². The quantitative estimate of drug-likeness (QED) is 0.290. The maximum Gasteiger partial charge on any atom is 0.119 e. The Labute approximate surface area is 207 Å². The zero-order chi connectivity index (χ0) is 24.8. The Bertz CT molecular complexity index is 872. The summed E-state index contributed by atoms with van der Waals surface area (Å²) in [5, 5.41) is 0. The SMILES string of the molecule is C=C1CCCCCN(CCCCCC=O)c2ccc(-c3ccc(N(C)C)cc3)cc21.CCOC. The highest BCUT2D eigenvalue weighted by Gasteiger charge is 2.16. The summed E-state index contributed by atoms with van der Waals surface area (Å²) < 4.78 is 4.54. The van der Waals surface area contributed by atoms with Crippen molar-refractivity contribution in [3.05, 3.63) is 54.6 Å². The van der Waals surface area contributed by atoms with Crippen molar-refractivity contribution in [2.45, 2.75) is 58.3 Å². The number of methoxy groups -OCH3 is 1. The first-order chi connectivity index (χ1) is 16.5. The van der Waals surface area contributed by atoms with Gasteiger partial charge in [-0.15, -0.1) is 0 Å². The van der Waals surface area contributed by atoms with Crippen LogP contribution >= 0.6 is 0 Å². The number of ether oxygens (including phenoxy) is 1. The molecular formula is C30H44N2O2. The number of unbranched alkanes of at least 4 members (excludes halogenated alkanes) is 3. The Morgan fingerprint density at radius 1 is 1.00 bits per heavy atom. The zero-order valence-corrected chi connectivity index (χ0v) is 21.8. The first-order valence-corrected chi connectivity index (χ1v) is 12.8. The van der Waals surface area contributed by atoms with Crippen LogP contribution in [0.2, 0.25) is 0 Å². The molecule has 0 fully saturated rings. The molecule has 0 aromatic heterocycles. The maximum absolute atomic E-state index is 10.6. The number of nitrogens with zero attached hydrogens (tertiary/aromatic N) is 2. The standard InChI is InChI=1S/C27H36N2O.C3H8O/c1-22-11-7-6-9-19-29(18-8-4-5-10-20-30)27-17-14-24(21-26(22)27)23-12-15-25(16-13-23)28(2)3;1-3-4-2/h12-17,20-21H,1,4-11,18-19H2,2-3H3;3H2,1-2H3. The number of aldehydes is 1. The number of rotatable bonds is 9. The lowest BCUT2D eigenvalue weighted by molar-refractivity contribution is -0.107. The van der Waals surface area contributed by atoms with Gasteiger partial charge in [-0.25, -0.2) is 0 Å². The molecule has 4 heteroatoms. The summed E-state index contributed by atoms with van der Waals surface area (Å²) in [5.41, 5.74) is 7.60. The van der Waals surface area contributed by atoms with Crippen LogP contribution < -0.4 is 9.80 Å². The smallest absolute Gasteiger partial charge is 0.119 e. The monoisotopic (exact) mass is 464 g/mol. The van der Waals surface area contributed by atoms with E-state index in [9.17, 15) is 4.79 Å². The molecule has 1 aliphatic heterocycles. The van der Waals surface area contributed by atoms with Crippen LogP contribution in [0.4, 0.5) is 11.4 Å². The molecule has 0 unspecified atom stereocenters. The Hall–Kier alpha value is -2.59. The Morgan fingerprint density at radius 3 is 2.35 bits per heavy atom. The van der Waals surface area contributed by atoms with Gasteiger partial charge in [0, 0.05) is 64.3 Å². The second-order valence-electron chi connectivity index (χ2n) is 9.17. The van der Waals surface area contributed by atoms with E-state index < -0.39 is 0 Å². The first-order valence-electron chi connectivity index (χ1n) is 12.8. The summed E-state index contributed by atoms with van der Waals surface area (Å²) >= 11 is 0. The van der Waals surface area contributed by atoms with Crippen molar-refractivity contribution >= 4 is 23.2 Å². The van der Waals surface area contributed by atoms with E-state index in [-0.39, 0.29) is 0 Å². The van der Waals surface area contributed by atoms with Crippen molar-refractivity contribution in [2.75, 3.05) is 50.7 Å². The molecule has 0 amide bonds. The lowest BCUT2D eigenvalue weighted by atomic mass is 9.95. The van der Waals surface area contributed by atoms with E-state index in [2.05, 4.69) is 77.7 Å². The first kappa shape index (κ1) is 27.7. The minimum absolute atomic E-state index is 0.684. The molecule has 1 heterocycles. The van der Waals surface area contributed by atoms with Gasteiger partial charge < -0.3 is 19.3 Å². The minimum atomic E-state index is 0.684. The molecule has 186 valence electrons. The molecule has 0 bridgehead atoms. The largest absolute Gasteiger partial charge is 0.385 e. The topological polar surface area (TPSA) is 32.8 Å². The summed E-state index contributed by atoms with van der Waals surface area (Å²) in [6.45, 7) is 9.39. The number of benzene rings is 2. The van der Waals surface area contributed by atoms with Gasteiger partial charge in [-0.05, 0) is 80.0 Å². The van der Waals surface area contributed by atoms with E-state index in [4.69, 9.17) is 0 Å². The van der Waals surface area contributed by atoms with Crippen LogP contribution in [-0.4, -0.2) is 47.2 Å². The van der Waals surface area contributed by atoms with Crippen LogP contribution in [0.15, 0.2) is 49.0 Å². The van der Waals surface area contributed by atoms with E-state index in [0.29, 0.717) is 6.42 Å². The summed E-state index contributed by atoms with van der Waals surface area (Å²) in [6.07, 6.45) is 9.74. The fourth-order valence-corrected chi connectivity index (χ4v) is 4.24. The molecule has 0 saturated carbocycles. The number of allylic oxidation sites excluding steroid dienone is 1. The normalized spacial score (nSPS) is 13.6. The highest BCUT2D eigenvalue weighted by Crippen LogP contribution is 2.35. The van der Waals surface area contributed by atoms with Gasteiger partial charge in [-0.2, -0.15) is 0 Å². The molecule has 4 nitrogen and oxygen atoms in total. The highest BCUT2D eigenvalue weighted by atomic mass is 16.5. The van der Waals surface area contributed by atoms with Gasteiger partial charge in [-0.1, -0.05) is 37.6 Å². The Kier molecular flexibility index (Phi) is 12.5. The molecule has 0 N–H and O–H groups in total. The summed E-state index contributed by atoms with van der Waals surface area (Å²) in [4.78, 5) is 15.2. The van der Waals surface area contributed by atoms with Crippen LogP contribution in [0.5, 0.6) is 0 Å². The predicted octanol–water partition coefficient (Wildman–Crippen LogP) is 7.23. The van der Waals surface area contributed by atoms with Crippen LogP contribution in [0.25, 0.3) is 16.7 Å². The van der Waals surface area contributed by atoms with Gasteiger partial charge in [0.2, 0.25) is 0 Å². The van der Waals surface area contributed by atoms with Gasteiger partial charge in [-0.3, -0.25) is 0 Å². The van der Waals surface area contributed by atoms with Crippen molar-refractivity contribution < 1.29 is 9.53 Å². The Morgan fingerprint density at radius 2 is 1.71 bits per heavy atom. The van der Waals surface area contributed by atoms with Crippen molar-refractivity contribution in [3.8, 4) is 11.1 Å². The lowest BCUT2D eigenvalue weighted by Gasteiger charge is -2.27.